The smallest absolute Gasteiger partial charge is 0.421 e. The molecule has 0 N–H and O–H groups in total. The summed E-state index contributed by atoms with van der Waals surface area (Å²) in [4.78, 5) is 23.4. The van der Waals surface area contributed by atoms with Crippen LogP contribution in [0.1, 0.15) is 34.4 Å². The molecule has 0 aliphatic heterocycles. The second-order valence-corrected chi connectivity index (χ2v) is 4.76. The minimum atomic E-state index is -4.72. The number of alkyl halides is 3. The maximum atomic E-state index is 12.8. The largest absolute Gasteiger partial charge is 0.463 e. The molecule has 23 heavy (non-hydrogen) atoms. The lowest BCUT2D eigenvalue weighted by atomic mass is 10.2. The number of aromatic nitrogens is 1. The molecule has 0 amide bonds. The molecule has 0 aliphatic carbocycles. The molecule has 0 saturated carbocycles. The molecule has 0 atom stereocenters. The van der Waals surface area contributed by atoms with Crippen LogP contribution in [0.15, 0.2) is 33.6 Å². The molecule has 0 saturated heterocycles. The van der Waals surface area contributed by atoms with Gasteiger partial charge in [-0.25, -0.2) is 4.79 Å². The van der Waals surface area contributed by atoms with Gasteiger partial charge < -0.3 is 13.7 Å². The van der Waals surface area contributed by atoms with Crippen molar-refractivity contribution in [1.29, 1.82) is 0 Å². The van der Waals surface area contributed by atoms with E-state index in [4.69, 9.17) is 4.42 Å². The molecule has 8 heteroatoms. The summed E-state index contributed by atoms with van der Waals surface area (Å²) in [5, 5.41) is 0. The second kappa shape index (κ2) is 6.31. The second-order valence-electron chi connectivity index (χ2n) is 4.76. The van der Waals surface area contributed by atoms with E-state index in [0.29, 0.717) is 17.7 Å². The van der Waals surface area contributed by atoms with Crippen molar-refractivity contribution in [2.24, 2.45) is 0 Å². The van der Waals surface area contributed by atoms with Gasteiger partial charge in [-0.15, -0.1) is 0 Å². The Bertz CT molecular complexity index is 774. The zero-order valence-corrected chi connectivity index (χ0v) is 12.4. The minimum absolute atomic E-state index is 0.0561. The van der Waals surface area contributed by atoms with Crippen LogP contribution in [0.2, 0.25) is 0 Å². The van der Waals surface area contributed by atoms with Crippen LogP contribution in [0.3, 0.4) is 0 Å². The van der Waals surface area contributed by atoms with Gasteiger partial charge in [-0.2, -0.15) is 13.2 Å². The lowest BCUT2D eigenvalue weighted by molar-refractivity contribution is -0.138. The Balaban J connectivity index is 2.42. The number of nitrogens with zero attached hydrogens (tertiary/aromatic N) is 1. The highest BCUT2D eigenvalue weighted by Gasteiger charge is 2.34. The van der Waals surface area contributed by atoms with Gasteiger partial charge >= 0.3 is 12.1 Å². The maximum Gasteiger partial charge on any atom is 0.421 e. The highest BCUT2D eigenvalue weighted by atomic mass is 19.4. The number of carbonyl (C=O) groups is 1. The van der Waals surface area contributed by atoms with Crippen LogP contribution in [0.5, 0.6) is 0 Å². The SMILES string of the molecule is CCc1oc(C(=O)OC)cc1Cn1cccc(C(F)(F)F)c1=O. The molecule has 2 aromatic rings. The molecule has 0 radical (unpaired) electrons. The first-order valence-corrected chi connectivity index (χ1v) is 6.74. The Morgan fingerprint density at radius 3 is 2.65 bits per heavy atom. The molecule has 0 unspecified atom stereocenters. The van der Waals surface area contributed by atoms with Crippen LogP contribution in [-0.4, -0.2) is 17.6 Å². The number of hydrogen-bond donors (Lipinski definition) is 0. The minimum Gasteiger partial charge on any atom is -0.463 e. The first-order valence-electron chi connectivity index (χ1n) is 6.74. The maximum absolute atomic E-state index is 12.8. The number of carbonyl (C=O) groups excluding carboxylic acids is 1. The monoisotopic (exact) mass is 329 g/mol. The van der Waals surface area contributed by atoms with Gasteiger partial charge in [-0.1, -0.05) is 6.92 Å². The number of esters is 1. The fraction of sp³-hybridized carbons (Fsp3) is 0.333. The molecule has 2 rings (SSSR count). The third-order valence-corrected chi connectivity index (χ3v) is 3.27. The summed E-state index contributed by atoms with van der Waals surface area (Å²) in [6.07, 6.45) is -3.05. The van der Waals surface area contributed by atoms with E-state index in [1.54, 1.807) is 6.92 Å². The Morgan fingerprint density at radius 1 is 1.39 bits per heavy atom. The zero-order valence-electron chi connectivity index (χ0n) is 12.4. The molecule has 0 spiro atoms. The van der Waals surface area contributed by atoms with Gasteiger partial charge in [0.15, 0.2) is 0 Å². The lowest BCUT2D eigenvalue weighted by Gasteiger charge is -2.10. The number of hydrogen-bond acceptors (Lipinski definition) is 4. The summed E-state index contributed by atoms with van der Waals surface area (Å²) in [5.74, 6) is -0.337. The van der Waals surface area contributed by atoms with E-state index in [1.807, 2.05) is 0 Å². The Labute approximate surface area is 129 Å². The Hall–Kier alpha value is -2.51. The number of halogens is 3. The van der Waals surface area contributed by atoms with E-state index in [0.717, 1.165) is 16.7 Å². The van der Waals surface area contributed by atoms with Crippen LogP contribution in [0, 0.1) is 0 Å². The van der Waals surface area contributed by atoms with Gasteiger partial charge in [0, 0.05) is 18.2 Å². The van der Waals surface area contributed by atoms with Crippen molar-refractivity contribution in [2.75, 3.05) is 7.11 Å². The molecular formula is C15H14F3NO4. The third-order valence-electron chi connectivity index (χ3n) is 3.27. The van der Waals surface area contributed by atoms with Crippen molar-refractivity contribution in [3.05, 3.63) is 57.4 Å². The summed E-state index contributed by atoms with van der Waals surface area (Å²) in [6.45, 7) is 1.63. The topological polar surface area (TPSA) is 61.4 Å². The summed E-state index contributed by atoms with van der Waals surface area (Å²) in [6, 6.07) is 3.25. The molecule has 5 nitrogen and oxygen atoms in total. The number of methoxy groups -OCH3 is 1. The van der Waals surface area contributed by atoms with Crippen molar-refractivity contribution >= 4 is 5.97 Å². The molecule has 0 aromatic carbocycles. The molecule has 2 aromatic heterocycles. The predicted octanol–water partition coefficient (Wildman–Crippen LogP) is 2.86. The van der Waals surface area contributed by atoms with E-state index >= 15 is 0 Å². The fourth-order valence-electron chi connectivity index (χ4n) is 2.16. The average Bonchev–Trinajstić information content (AvgIpc) is 2.90. The number of rotatable bonds is 4. The summed E-state index contributed by atoms with van der Waals surface area (Å²) >= 11 is 0. The van der Waals surface area contributed by atoms with Crippen molar-refractivity contribution in [2.45, 2.75) is 26.1 Å². The molecule has 0 fully saturated rings. The molecule has 0 aliphatic rings. The molecule has 124 valence electrons. The van der Waals surface area contributed by atoms with E-state index in [9.17, 15) is 22.8 Å². The molecule has 2 heterocycles. The van der Waals surface area contributed by atoms with Gasteiger partial charge in [0.1, 0.15) is 11.3 Å². The molecule has 0 bridgehead atoms. The molecular weight excluding hydrogens is 315 g/mol. The third kappa shape index (κ3) is 3.46. The summed E-state index contributed by atoms with van der Waals surface area (Å²) in [7, 11) is 1.19. The van der Waals surface area contributed by atoms with Crippen LogP contribution < -0.4 is 5.56 Å². The first kappa shape index (κ1) is 16.9. The number of furan rings is 1. The number of pyridine rings is 1. The van der Waals surface area contributed by atoms with E-state index in [2.05, 4.69) is 4.74 Å². The summed E-state index contributed by atoms with van der Waals surface area (Å²) < 4.78 is 49.1. The highest BCUT2D eigenvalue weighted by molar-refractivity contribution is 5.86. The standard InChI is InChI=1S/C15H14F3NO4/c1-3-11-9(7-12(23-11)14(21)22-2)8-19-6-4-5-10(13(19)20)15(16,17)18/h4-7H,3,8H2,1-2H3. The van der Waals surface area contributed by atoms with Gasteiger partial charge in [-0.3, -0.25) is 4.79 Å². The number of aryl methyl sites for hydroxylation is 1. The first-order chi connectivity index (χ1) is 10.8. The Morgan fingerprint density at radius 2 is 2.09 bits per heavy atom. The Kier molecular flexibility index (Phi) is 4.63. The van der Waals surface area contributed by atoms with Crippen molar-refractivity contribution < 1.29 is 27.1 Å². The fourth-order valence-corrected chi connectivity index (χ4v) is 2.16. The van der Waals surface area contributed by atoms with Crippen LogP contribution in [0.25, 0.3) is 0 Å². The van der Waals surface area contributed by atoms with Crippen LogP contribution in [0.4, 0.5) is 13.2 Å². The van der Waals surface area contributed by atoms with Crippen molar-refractivity contribution in [3.63, 3.8) is 0 Å². The predicted molar refractivity (Wildman–Crippen MR) is 74.2 cm³/mol. The van der Waals surface area contributed by atoms with Gasteiger partial charge in [0.05, 0.1) is 13.7 Å². The van der Waals surface area contributed by atoms with E-state index in [1.165, 1.54) is 19.4 Å². The summed E-state index contributed by atoms with van der Waals surface area (Å²) in [5.41, 5.74) is -1.94. The van der Waals surface area contributed by atoms with E-state index in [-0.39, 0.29) is 12.3 Å². The van der Waals surface area contributed by atoms with Crippen molar-refractivity contribution in [1.82, 2.24) is 4.57 Å². The van der Waals surface area contributed by atoms with Crippen LogP contribution in [-0.2, 0) is 23.9 Å². The van der Waals surface area contributed by atoms with Gasteiger partial charge in [0.25, 0.3) is 5.56 Å². The van der Waals surface area contributed by atoms with Gasteiger partial charge in [0.2, 0.25) is 5.76 Å². The number of ether oxygens (including phenoxy) is 1. The zero-order chi connectivity index (χ0) is 17.2. The van der Waals surface area contributed by atoms with Crippen LogP contribution >= 0.6 is 0 Å². The van der Waals surface area contributed by atoms with Gasteiger partial charge in [-0.05, 0) is 18.2 Å². The quantitative estimate of drug-likeness (QED) is 0.809. The van der Waals surface area contributed by atoms with E-state index < -0.39 is 23.3 Å². The lowest BCUT2D eigenvalue weighted by Crippen LogP contribution is -2.28. The normalized spacial score (nSPS) is 11.5. The average molecular weight is 329 g/mol. The highest BCUT2D eigenvalue weighted by Crippen LogP contribution is 2.26. The van der Waals surface area contributed by atoms with Crippen molar-refractivity contribution in [3.8, 4) is 0 Å².